The third-order valence-corrected chi connectivity index (χ3v) is 7.14. The summed E-state index contributed by atoms with van der Waals surface area (Å²) in [5.74, 6) is -0.0273. The zero-order valence-corrected chi connectivity index (χ0v) is 19.7. The number of Topliss-reactive ketones (excluding diaryl/α,β-unsaturated/α-hetero) is 1. The lowest BCUT2D eigenvalue weighted by Gasteiger charge is -2.38. The van der Waals surface area contributed by atoms with Gasteiger partial charge in [0, 0.05) is 28.2 Å². The zero-order chi connectivity index (χ0) is 22.1. The lowest BCUT2D eigenvalue weighted by Crippen LogP contribution is -2.41. The van der Waals surface area contributed by atoms with E-state index in [0.29, 0.717) is 29.9 Å². The fourth-order valence-electron chi connectivity index (χ4n) is 4.95. The second-order valence-electron chi connectivity index (χ2n) is 8.32. The molecular weight excluding hydrogens is 462 g/mol. The number of ether oxygens (including phenoxy) is 3. The van der Waals surface area contributed by atoms with Gasteiger partial charge in [0.2, 0.25) is 0 Å². The number of methoxy groups -OCH3 is 2. The van der Waals surface area contributed by atoms with Crippen molar-refractivity contribution in [3.05, 3.63) is 45.2 Å². The quantitative estimate of drug-likeness (QED) is 0.600. The van der Waals surface area contributed by atoms with E-state index in [-0.39, 0.29) is 17.9 Å². The first-order chi connectivity index (χ1) is 14.9. The highest BCUT2D eigenvalue weighted by atomic mass is 79.9. The van der Waals surface area contributed by atoms with Crippen LogP contribution in [0.4, 0.5) is 0 Å². The molecule has 6 nitrogen and oxygen atoms in total. The summed E-state index contributed by atoms with van der Waals surface area (Å²) in [6.07, 6.45) is 7.11. The van der Waals surface area contributed by atoms with Crippen LogP contribution in [0.25, 0.3) is 0 Å². The Morgan fingerprint density at radius 2 is 1.77 bits per heavy atom. The Bertz CT molecular complexity index is 961. The van der Waals surface area contributed by atoms with Crippen LogP contribution in [-0.4, -0.2) is 32.1 Å². The Morgan fingerprint density at radius 3 is 2.45 bits per heavy atom. The third kappa shape index (κ3) is 4.12. The molecule has 0 bridgehead atoms. The number of hydrogen-bond donors (Lipinski definition) is 1. The molecule has 7 heteroatoms. The van der Waals surface area contributed by atoms with Crippen LogP contribution in [0, 0.1) is 5.92 Å². The molecule has 166 valence electrons. The fraction of sp³-hybridized carbons (Fsp3) is 0.500. The van der Waals surface area contributed by atoms with Crippen LogP contribution in [0.3, 0.4) is 0 Å². The van der Waals surface area contributed by atoms with Crippen LogP contribution in [0.15, 0.2) is 39.6 Å². The number of carbonyl (C=O) groups excluding carboxylic acids is 2. The van der Waals surface area contributed by atoms with Crippen molar-refractivity contribution in [2.75, 3.05) is 14.2 Å². The topological polar surface area (TPSA) is 73.9 Å². The maximum absolute atomic E-state index is 13.4. The predicted octanol–water partition coefficient (Wildman–Crippen LogP) is 4.78. The maximum atomic E-state index is 13.4. The minimum atomic E-state index is -0.469. The van der Waals surface area contributed by atoms with E-state index in [1.807, 2.05) is 19.1 Å². The van der Waals surface area contributed by atoms with Crippen LogP contribution in [0.2, 0.25) is 0 Å². The molecule has 0 aromatic heterocycles. The number of carbonyl (C=O) groups is 2. The number of allylic oxidation sites excluding steroid dienone is 3. The van der Waals surface area contributed by atoms with Crippen LogP contribution < -0.4 is 14.8 Å². The number of halogens is 1. The van der Waals surface area contributed by atoms with E-state index < -0.39 is 11.8 Å². The van der Waals surface area contributed by atoms with Crippen LogP contribution in [0.1, 0.15) is 56.9 Å². The van der Waals surface area contributed by atoms with Gasteiger partial charge in [0.15, 0.2) is 11.5 Å². The first-order valence-corrected chi connectivity index (χ1v) is 11.6. The molecule has 1 fully saturated rings. The SMILES string of the molecule is COc1cc(Br)c(C2C(C(=O)OC3CCCC3)=C(C)NC3=CCCC(=O)C32)cc1OC. The molecule has 1 aromatic carbocycles. The van der Waals surface area contributed by atoms with Crippen molar-refractivity contribution >= 4 is 27.7 Å². The largest absolute Gasteiger partial charge is 0.493 e. The second kappa shape index (κ2) is 9.07. The van der Waals surface area contributed by atoms with Gasteiger partial charge in [-0.25, -0.2) is 4.79 Å². The minimum Gasteiger partial charge on any atom is -0.493 e. The van der Waals surface area contributed by atoms with Crippen LogP contribution in [-0.2, 0) is 14.3 Å². The molecule has 2 unspecified atom stereocenters. The smallest absolute Gasteiger partial charge is 0.336 e. The molecule has 1 aliphatic heterocycles. The number of ketones is 1. The molecule has 4 rings (SSSR count). The van der Waals surface area contributed by atoms with E-state index in [1.165, 1.54) is 0 Å². The summed E-state index contributed by atoms with van der Waals surface area (Å²) >= 11 is 3.65. The molecule has 0 amide bonds. The van der Waals surface area contributed by atoms with Gasteiger partial charge in [0.05, 0.1) is 25.7 Å². The molecule has 0 spiro atoms. The molecule has 0 radical (unpaired) electrons. The van der Waals surface area contributed by atoms with E-state index in [4.69, 9.17) is 14.2 Å². The Morgan fingerprint density at radius 1 is 1.10 bits per heavy atom. The molecule has 1 saturated carbocycles. The number of nitrogens with one attached hydrogen (secondary N) is 1. The number of benzene rings is 1. The second-order valence-corrected chi connectivity index (χ2v) is 9.18. The van der Waals surface area contributed by atoms with Gasteiger partial charge in [0.1, 0.15) is 11.9 Å². The van der Waals surface area contributed by atoms with Crippen molar-refractivity contribution in [3.63, 3.8) is 0 Å². The summed E-state index contributed by atoms with van der Waals surface area (Å²) < 4.78 is 17.6. The number of hydrogen-bond acceptors (Lipinski definition) is 6. The Balaban J connectivity index is 1.84. The summed E-state index contributed by atoms with van der Waals surface area (Å²) in [4.78, 5) is 26.5. The standard InChI is InChI=1S/C24H28BrNO5/c1-13-21(24(28)31-14-7-4-5-8-14)22(23-17(26-13)9-6-10-18(23)27)15-11-19(29-2)20(30-3)12-16(15)25/h9,11-12,14,22-23,26H,4-8,10H2,1-3H3. The molecule has 3 aliphatic rings. The number of rotatable bonds is 5. The molecular formula is C24H28BrNO5. The first-order valence-electron chi connectivity index (χ1n) is 10.8. The lowest BCUT2D eigenvalue weighted by molar-refractivity contribution is -0.144. The molecule has 31 heavy (non-hydrogen) atoms. The first kappa shape index (κ1) is 21.9. The molecule has 1 heterocycles. The van der Waals surface area contributed by atoms with E-state index >= 15 is 0 Å². The number of fused-ring (bicyclic) bond motifs is 1. The average molecular weight is 490 g/mol. The van der Waals surface area contributed by atoms with Gasteiger partial charge in [0.25, 0.3) is 0 Å². The third-order valence-electron chi connectivity index (χ3n) is 6.45. The van der Waals surface area contributed by atoms with E-state index in [0.717, 1.165) is 47.1 Å². The molecule has 1 N–H and O–H groups in total. The number of esters is 1. The van der Waals surface area contributed by atoms with Crippen molar-refractivity contribution in [2.45, 2.75) is 57.5 Å². The molecule has 2 atom stereocenters. The fourth-order valence-corrected chi connectivity index (χ4v) is 5.52. The van der Waals surface area contributed by atoms with Gasteiger partial charge in [-0.05, 0) is 56.7 Å². The Hall–Kier alpha value is -2.28. The molecule has 1 aromatic rings. The molecule has 2 aliphatic carbocycles. The zero-order valence-electron chi connectivity index (χ0n) is 18.1. The Labute approximate surface area is 191 Å². The lowest BCUT2D eigenvalue weighted by atomic mass is 9.71. The van der Waals surface area contributed by atoms with Gasteiger partial charge in [-0.3, -0.25) is 4.79 Å². The minimum absolute atomic E-state index is 0.0544. The van der Waals surface area contributed by atoms with E-state index in [9.17, 15) is 9.59 Å². The van der Waals surface area contributed by atoms with Gasteiger partial charge in [-0.15, -0.1) is 0 Å². The van der Waals surface area contributed by atoms with Crippen molar-refractivity contribution in [3.8, 4) is 11.5 Å². The monoisotopic (exact) mass is 489 g/mol. The Kier molecular flexibility index (Phi) is 6.42. The normalized spacial score (nSPS) is 23.7. The van der Waals surface area contributed by atoms with Gasteiger partial charge >= 0.3 is 5.97 Å². The van der Waals surface area contributed by atoms with Crippen molar-refractivity contribution in [2.24, 2.45) is 5.92 Å². The summed E-state index contributed by atoms with van der Waals surface area (Å²) in [6, 6.07) is 3.68. The van der Waals surface area contributed by atoms with Crippen molar-refractivity contribution in [1.82, 2.24) is 5.32 Å². The summed E-state index contributed by atoms with van der Waals surface area (Å²) in [5.41, 5.74) is 2.91. The highest BCUT2D eigenvalue weighted by Gasteiger charge is 2.44. The molecule has 0 saturated heterocycles. The van der Waals surface area contributed by atoms with Crippen LogP contribution >= 0.6 is 15.9 Å². The average Bonchev–Trinajstić information content (AvgIpc) is 3.25. The summed E-state index contributed by atoms with van der Waals surface area (Å²) in [7, 11) is 3.15. The summed E-state index contributed by atoms with van der Waals surface area (Å²) in [5, 5.41) is 3.32. The highest BCUT2D eigenvalue weighted by Crippen LogP contribution is 2.48. The van der Waals surface area contributed by atoms with Crippen molar-refractivity contribution in [1.29, 1.82) is 0 Å². The van der Waals surface area contributed by atoms with Gasteiger partial charge in [-0.2, -0.15) is 0 Å². The highest BCUT2D eigenvalue weighted by molar-refractivity contribution is 9.10. The van der Waals surface area contributed by atoms with E-state index in [1.54, 1.807) is 14.2 Å². The maximum Gasteiger partial charge on any atom is 0.336 e. The van der Waals surface area contributed by atoms with Crippen LogP contribution in [0.5, 0.6) is 11.5 Å². The van der Waals surface area contributed by atoms with Crippen molar-refractivity contribution < 1.29 is 23.8 Å². The van der Waals surface area contributed by atoms with Gasteiger partial charge in [-0.1, -0.05) is 22.0 Å². The van der Waals surface area contributed by atoms with E-state index in [2.05, 4.69) is 27.3 Å². The summed E-state index contributed by atoms with van der Waals surface area (Å²) in [6.45, 7) is 1.88. The predicted molar refractivity (Wildman–Crippen MR) is 120 cm³/mol. The van der Waals surface area contributed by atoms with Gasteiger partial charge < -0.3 is 19.5 Å².